The zero-order valence-corrected chi connectivity index (χ0v) is 21.4. The summed E-state index contributed by atoms with van der Waals surface area (Å²) in [5.41, 5.74) is 2.54. The summed E-state index contributed by atoms with van der Waals surface area (Å²) in [5, 5.41) is 5.43. The Labute approximate surface area is 218 Å². The van der Waals surface area contributed by atoms with Crippen molar-refractivity contribution in [3.63, 3.8) is 0 Å². The molecule has 0 atom stereocenters. The van der Waals surface area contributed by atoms with Gasteiger partial charge in [-0.15, -0.1) is 11.8 Å². The minimum absolute atomic E-state index is 0.250. The van der Waals surface area contributed by atoms with Crippen LogP contribution in [0, 0.1) is 24.6 Å². The monoisotopic (exact) mass is 545 g/mol. The summed E-state index contributed by atoms with van der Waals surface area (Å²) in [5.74, 6) is 5.59. The van der Waals surface area contributed by atoms with Crippen molar-refractivity contribution in [1.29, 1.82) is 0 Å². The SMILES string of the molecule is Cc1nn(-c2nc(C#Cc3ccc(C(F)(F)F)cc3)c(SC(C)C)s2)cc1-c1cccc(F)c1.O=C=O. The molecular formula is C26H19F4N3O2S2. The van der Waals surface area contributed by atoms with Crippen LogP contribution in [0.25, 0.3) is 16.3 Å². The minimum atomic E-state index is -4.39. The number of thioether (sulfide) groups is 1. The van der Waals surface area contributed by atoms with E-state index in [-0.39, 0.29) is 17.2 Å². The van der Waals surface area contributed by atoms with Crippen LogP contribution >= 0.6 is 23.1 Å². The molecule has 0 saturated carbocycles. The number of hydrogen-bond acceptors (Lipinski definition) is 6. The summed E-state index contributed by atoms with van der Waals surface area (Å²) in [7, 11) is 0. The summed E-state index contributed by atoms with van der Waals surface area (Å²) >= 11 is 3.03. The standard InChI is InChI=1S/C25H19F4N3S2.CO2/c1-15(2)33-23-22(12-9-17-7-10-19(11-8-17)25(27,28)29)30-24(34-23)32-14-21(16(3)31-32)18-5-4-6-20(26)13-18;2-1-3/h4-8,10-11,13-15H,1-3H3;. The van der Waals surface area contributed by atoms with Crippen molar-refractivity contribution in [2.24, 2.45) is 0 Å². The number of benzene rings is 2. The van der Waals surface area contributed by atoms with Crippen LogP contribution in [0.5, 0.6) is 0 Å². The molecule has 0 aliphatic rings. The number of hydrogen-bond donors (Lipinski definition) is 0. The lowest BCUT2D eigenvalue weighted by Gasteiger charge is -2.05. The van der Waals surface area contributed by atoms with Crippen LogP contribution in [-0.2, 0) is 15.8 Å². The lowest BCUT2D eigenvalue weighted by Crippen LogP contribution is -2.04. The van der Waals surface area contributed by atoms with E-state index in [1.54, 1.807) is 28.7 Å². The van der Waals surface area contributed by atoms with E-state index in [4.69, 9.17) is 9.59 Å². The van der Waals surface area contributed by atoms with E-state index < -0.39 is 11.7 Å². The number of carbonyl (C=O) groups excluding carboxylic acids is 2. The van der Waals surface area contributed by atoms with Crippen molar-refractivity contribution in [2.75, 3.05) is 0 Å². The molecule has 0 aliphatic heterocycles. The van der Waals surface area contributed by atoms with Crippen molar-refractivity contribution < 1.29 is 27.2 Å². The summed E-state index contributed by atoms with van der Waals surface area (Å²) in [4.78, 5) is 20.9. The highest BCUT2D eigenvalue weighted by Gasteiger charge is 2.29. The van der Waals surface area contributed by atoms with Crippen LogP contribution in [0.15, 0.2) is 58.9 Å². The van der Waals surface area contributed by atoms with Gasteiger partial charge in [0, 0.05) is 22.6 Å². The van der Waals surface area contributed by atoms with Crippen LogP contribution < -0.4 is 0 Å². The van der Waals surface area contributed by atoms with Gasteiger partial charge in [0.2, 0.25) is 5.13 Å². The molecule has 0 spiro atoms. The van der Waals surface area contributed by atoms with Gasteiger partial charge in [0.05, 0.1) is 15.5 Å². The van der Waals surface area contributed by atoms with Crippen LogP contribution in [0.4, 0.5) is 17.6 Å². The van der Waals surface area contributed by atoms with Gasteiger partial charge < -0.3 is 0 Å². The van der Waals surface area contributed by atoms with Gasteiger partial charge in [0.1, 0.15) is 11.5 Å². The van der Waals surface area contributed by atoms with E-state index in [1.165, 1.54) is 35.6 Å². The molecule has 11 heteroatoms. The maximum atomic E-state index is 13.7. The van der Waals surface area contributed by atoms with Crippen molar-refractivity contribution >= 4 is 29.3 Å². The first kappa shape index (κ1) is 27.9. The van der Waals surface area contributed by atoms with Gasteiger partial charge in [-0.3, -0.25) is 0 Å². The second kappa shape index (κ2) is 12.0. The normalized spacial score (nSPS) is 10.8. The molecule has 4 rings (SSSR count). The number of nitrogens with zero attached hydrogens (tertiary/aromatic N) is 3. The van der Waals surface area contributed by atoms with E-state index in [0.29, 0.717) is 16.4 Å². The van der Waals surface area contributed by atoms with Crippen molar-refractivity contribution in [3.05, 3.63) is 83.1 Å². The van der Waals surface area contributed by atoms with Gasteiger partial charge in [-0.2, -0.15) is 27.9 Å². The van der Waals surface area contributed by atoms with E-state index in [1.807, 2.05) is 13.0 Å². The lowest BCUT2D eigenvalue weighted by atomic mass is 10.1. The summed E-state index contributed by atoms with van der Waals surface area (Å²) in [6.45, 7) is 5.95. The molecule has 0 unspecified atom stereocenters. The molecule has 37 heavy (non-hydrogen) atoms. The van der Waals surface area contributed by atoms with Gasteiger partial charge >= 0.3 is 12.3 Å². The van der Waals surface area contributed by atoms with Gasteiger partial charge in [-0.1, -0.05) is 43.2 Å². The Bertz CT molecular complexity index is 1470. The molecule has 0 radical (unpaired) electrons. The van der Waals surface area contributed by atoms with Crippen molar-refractivity contribution in [3.8, 4) is 28.1 Å². The number of halogens is 4. The lowest BCUT2D eigenvalue weighted by molar-refractivity contribution is -0.191. The molecule has 4 aromatic rings. The predicted octanol–water partition coefficient (Wildman–Crippen LogP) is 6.78. The number of aryl methyl sites for hydroxylation is 1. The molecule has 2 aromatic carbocycles. The zero-order valence-electron chi connectivity index (χ0n) is 19.8. The van der Waals surface area contributed by atoms with Crippen LogP contribution in [0.2, 0.25) is 0 Å². The fraction of sp³-hybridized carbons (Fsp3) is 0.192. The van der Waals surface area contributed by atoms with Gasteiger partial charge in [-0.05, 0) is 54.8 Å². The number of aromatic nitrogens is 3. The Kier molecular flexibility index (Phi) is 9.05. The van der Waals surface area contributed by atoms with E-state index in [2.05, 4.69) is 35.8 Å². The molecular weight excluding hydrogens is 526 g/mol. The highest BCUT2D eigenvalue weighted by atomic mass is 32.2. The second-order valence-electron chi connectivity index (χ2n) is 7.79. The first-order chi connectivity index (χ1) is 17.5. The van der Waals surface area contributed by atoms with Crippen LogP contribution in [-0.4, -0.2) is 26.2 Å². The first-order valence-electron chi connectivity index (χ1n) is 10.7. The first-order valence-corrected chi connectivity index (χ1v) is 12.4. The fourth-order valence-corrected chi connectivity index (χ4v) is 5.45. The van der Waals surface area contributed by atoms with E-state index in [0.717, 1.165) is 33.2 Å². The molecule has 0 amide bonds. The molecule has 2 heterocycles. The second-order valence-corrected chi connectivity index (χ2v) is 10.6. The maximum absolute atomic E-state index is 13.7. The van der Waals surface area contributed by atoms with Gasteiger partial charge in [0.25, 0.3) is 0 Å². The van der Waals surface area contributed by atoms with E-state index >= 15 is 0 Å². The van der Waals surface area contributed by atoms with Crippen molar-refractivity contribution in [2.45, 2.75) is 36.4 Å². The third-order valence-electron chi connectivity index (χ3n) is 4.70. The van der Waals surface area contributed by atoms with Crippen molar-refractivity contribution in [1.82, 2.24) is 14.8 Å². The minimum Gasteiger partial charge on any atom is -0.213 e. The molecule has 0 N–H and O–H groups in total. The fourth-order valence-electron chi connectivity index (χ4n) is 3.14. The van der Waals surface area contributed by atoms with E-state index in [9.17, 15) is 17.6 Å². The Morgan fingerprint density at radius 1 is 1.05 bits per heavy atom. The predicted molar refractivity (Wildman–Crippen MR) is 133 cm³/mol. The van der Waals surface area contributed by atoms with Gasteiger partial charge in [-0.25, -0.2) is 14.1 Å². The Hall–Kier alpha value is -3.71. The molecule has 190 valence electrons. The summed E-state index contributed by atoms with van der Waals surface area (Å²) < 4.78 is 54.6. The zero-order chi connectivity index (χ0) is 27.2. The number of rotatable bonds is 4. The average Bonchev–Trinajstić information content (AvgIpc) is 3.40. The Morgan fingerprint density at radius 3 is 2.32 bits per heavy atom. The topological polar surface area (TPSA) is 64.8 Å². The largest absolute Gasteiger partial charge is 0.416 e. The Balaban J connectivity index is 0.00000121. The molecule has 0 fully saturated rings. The summed E-state index contributed by atoms with van der Waals surface area (Å²) in [6, 6.07) is 11.0. The highest BCUT2D eigenvalue weighted by molar-refractivity contribution is 8.01. The molecule has 5 nitrogen and oxygen atoms in total. The quantitative estimate of drug-likeness (QED) is 0.161. The molecule has 2 aromatic heterocycles. The highest BCUT2D eigenvalue weighted by Crippen LogP contribution is 2.35. The summed E-state index contributed by atoms with van der Waals surface area (Å²) in [6.07, 6.45) is -2.33. The molecule has 0 aliphatic carbocycles. The average molecular weight is 546 g/mol. The third kappa shape index (κ3) is 7.40. The number of alkyl halides is 3. The number of thiazole rings is 1. The maximum Gasteiger partial charge on any atom is 0.416 e. The smallest absolute Gasteiger partial charge is 0.213 e. The third-order valence-corrected chi connectivity index (χ3v) is 6.95. The van der Waals surface area contributed by atoms with Crippen LogP contribution in [0.3, 0.4) is 0 Å². The molecule has 0 bridgehead atoms. The molecule has 0 saturated heterocycles. The van der Waals surface area contributed by atoms with Crippen LogP contribution in [0.1, 0.15) is 36.4 Å². The Morgan fingerprint density at radius 2 is 1.73 bits per heavy atom. The van der Waals surface area contributed by atoms with Gasteiger partial charge in [0.15, 0.2) is 0 Å².